The molecular weight excluding hydrogens is 220 g/mol. The Morgan fingerprint density at radius 3 is 2.81 bits per heavy atom. The summed E-state index contributed by atoms with van der Waals surface area (Å²) in [6.45, 7) is 1.83. The van der Waals surface area contributed by atoms with Gasteiger partial charge in [0.25, 0.3) is 0 Å². The summed E-state index contributed by atoms with van der Waals surface area (Å²) < 4.78 is 0. The number of nitrogens with zero attached hydrogens (tertiary/aromatic N) is 1. The SMILES string of the molecule is CC(CC#N)NC(=O)CSc1ccccc1. The highest BCUT2D eigenvalue weighted by Gasteiger charge is 2.06. The van der Waals surface area contributed by atoms with Crippen molar-refractivity contribution in [3.05, 3.63) is 30.3 Å². The van der Waals surface area contributed by atoms with Gasteiger partial charge < -0.3 is 5.32 Å². The average Bonchev–Trinajstić information content (AvgIpc) is 2.28. The van der Waals surface area contributed by atoms with Gasteiger partial charge in [0, 0.05) is 10.9 Å². The van der Waals surface area contributed by atoms with Crippen molar-refractivity contribution in [1.29, 1.82) is 5.26 Å². The van der Waals surface area contributed by atoms with Crippen LogP contribution in [-0.2, 0) is 4.79 Å². The van der Waals surface area contributed by atoms with Gasteiger partial charge >= 0.3 is 0 Å². The van der Waals surface area contributed by atoms with Crippen LogP contribution in [0.1, 0.15) is 13.3 Å². The minimum Gasteiger partial charge on any atom is -0.352 e. The number of thioether (sulfide) groups is 1. The monoisotopic (exact) mass is 234 g/mol. The second-order valence-electron chi connectivity index (χ2n) is 3.43. The van der Waals surface area contributed by atoms with Crippen LogP contribution in [0.2, 0.25) is 0 Å². The lowest BCUT2D eigenvalue weighted by atomic mass is 10.2. The molecule has 1 aromatic carbocycles. The lowest BCUT2D eigenvalue weighted by Gasteiger charge is -2.09. The van der Waals surface area contributed by atoms with E-state index in [1.54, 1.807) is 0 Å². The summed E-state index contributed by atoms with van der Waals surface area (Å²) in [5.74, 6) is 0.358. The van der Waals surface area contributed by atoms with E-state index < -0.39 is 0 Å². The third-order valence-electron chi connectivity index (χ3n) is 1.92. The average molecular weight is 234 g/mol. The lowest BCUT2D eigenvalue weighted by molar-refractivity contribution is -0.119. The standard InChI is InChI=1S/C12H14N2OS/c1-10(7-8-13)14-12(15)9-16-11-5-3-2-4-6-11/h2-6,10H,7,9H2,1H3,(H,14,15). The quantitative estimate of drug-likeness (QED) is 0.795. The molecule has 0 heterocycles. The zero-order chi connectivity index (χ0) is 11.8. The number of hydrogen-bond donors (Lipinski definition) is 1. The Balaban J connectivity index is 2.28. The van der Waals surface area contributed by atoms with Gasteiger partial charge in [-0.1, -0.05) is 18.2 Å². The molecule has 1 amide bonds. The van der Waals surface area contributed by atoms with Crippen molar-refractivity contribution in [2.45, 2.75) is 24.3 Å². The molecule has 1 aromatic rings. The van der Waals surface area contributed by atoms with E-state index >= 15 is 0 Å². The van der Waals surface area contributed by atoms with Crippen LogP contribution in [0.15, 0.2) is 35.2 Å². The van der Waals surface area contributed by atoms with Gasteiger partial charge in [-0.3, -0.25) is 4.79 Å². The van der Waals surface area contributed by atoms with Crippen LogP contribution in [0.4, 0.5) is 0 Å². The molecule has 1 atom stereocenters. The van der Waals surface area contributed by atoms with Crippen molar-refractivity contribution >= 4 is 17.7 Å². The van der Waals surface area contributed by atoms with E-state index in [2.05, 4.69) is 5.32 Å². The molecule has 1 N–H and O–H groups in total. The Bertz CT molecular complexity index is 372. The molecule has 0 aromatic heterocycles. The first kappa shape index (κ1) is 12.6. The summed E-state index contributed by atoms with van der Waals surface area (Å²) >= 11 is 1.49. The maximum absolute atomic E-state index is 11.5. The molecular formula is C12H14N2OS. The summed E-state index contributed by atoms with van der Waals surface area (Å²) in [5, 5.41) is 11.2. The van der Waals surface area contributed by atoms with Crippen molar-refractivity contribution in [2.24, 2.45) is 0 Å². The van der Waals surface area contributed by atoms with Crippen molar-refractivity contribution in [1.82, 2.24) is 5.32 Å². The number of hydrogen-bond acceptors (Lipinski definition) is 3. The topological polar surface area (TPSA) is 52.9 Å². The van der Waals surface area contributed by atoms with Crippen LogP contribution in [0, 0.1) is 11.3 Å². The highest BCUT2D eigenvalue weighted by molar-refractivity contribution is 8.00. The Labute approximate surface area is 99.8 Å². The Morgan fingerprint density at radius 1 is 1.50 bits per heavy atom. The normalized spacial score (nSPS) is 11.5. The zero-order valence-electron chi connectivity index (χ0n) is 9.14. The lowest BCUT2D eigenvalue weighted by Crippen LogP contribution is -2.33. The predicted molar refractivity (Wildman–Crippen MR) is 65.0 cm³/mol. The number of rotatable bonds is 5. The molecule has 0 saturated carbocycles. The minimum absolute atomic E-state index is 0.0309. The number of nitriles is 1. The molecule has 0 fully saturated rings. The fourth-order valence-electron chi connectivity index (χ4n) is 1.17. The van der Waals surface area contributed by atoms with Crippen LogP contribution < -0.4 is 5.32 Å². The predicted octanol–water partition coefficient (Wildman–Crippen LogP) is 2.20. The first-order chi connectivity index (χ1) is 7.72. The second-order valence-corrected chi connectivity index (χ2v) is 4.48. The summed E-state index contributed by atoms with van der Waals surface area (Å²) in [6.07, 6.45) is 0.349. The van der Waals surface area contributed by atoms with Gasteiger partial charge in [-0.05, 0) is 19.1 Å². The van der Waals surface area contributed by atoms with E-state index in [-0.39, 0.29) is 11.9 Å². The van der Waals surface area contributed by atoms with Crippen molar-refractivity contribution in [2.75, 3.05) is 5.75 Å². The van der Waals surface area contributed by atoms with E-state index in [0.717, 1.165) is 4.90 Å². The molecule has 0 saturated heterocycles. The molecule has 0 aliphatic carbocycles. The van der Waals surface area contributed by atoms with E-state index in [0.29, 0.717) is 12.2 Å². The van der Waals surface area contributed by atoms with Crippen molar-refractivity contribution < 1.29 is 4.79 Å². The van der Waals surface area contributed by atoms with E-state index in [1.807, 2.05) is 43.3 Å². The largest absolute Gasteiger partial charge is 0.352 e. The molecule has 3 nitrogen and oxygen atoms in total. The van der Waals surface area contributed by atoms with Gasteiger partial charge in [0.15, 0.2) is 0 Å². The summed E-state index contributed by atoms with van der Waals surface area (Å²) in [5.41, 5.74) is 0. The summed E-state index contributed by atoms with van der Waals surface area (Å²) in [4.78, 5) is 12.5. The first-order valence-electron chi connectivity index (χ1n) is 5.06. The molecule has 0 spiro atoms. The van der Waals surface area contributed by atoms with Crippen LogP contribution in [0.3, 0.4) is 0 Å². The van der Waals surface area contributed by atoms with Gasteiger partial charge in [0.2, 0.25) is 5.91 Å². The van der Waals surface area contributed by atoms with E-state index in [9.17, 15) is 4.79 Å². The Morgan fingerprint density at radius 2 is 2.19 bits per heavy atom. The first-order valence-corrected chi connectivity index (χ1v) is 6.05. The molecule has 0 aliphatic rings. The second kappa shape index (κ2) is 6.91. The van der Waals surface area contributed by atoms with Gasteiger partial charge in [0.1, 0.15) is 0 Å². The third-order valence-corrected chi connectivity index (χ3v) is 2.93. The van der Waals surface area contributed by atoms with Gasteiger partial charge in [-0.15, -0.1) is 11.8 Å². The maximum Gasteiger partial charge on any atom is 0.230 e. The molecule has 16 heavy (non-hydrogen) atoms. The molecule has 4 heteroatoms. The number of nitrogens with one attached hydrogen (secondary N) is 1. The highest BCUT2D eigenvalue weighted by atomic mass is 32.2. The zero-order valence-corrected chi connectivity index (χ0v) is 9.96. The fraction of sp³-hybridized carbons (Fsp3) is 0.333. The van der Waals surface area contributed by atoms with Crippen LogP contribution in [0.5, 0.6) is 0 Å². The smallest absolute Gasteiger partial charge is 0.230 e. The minimum atomic E-state index is -0.0751. The number of carbonyl (C=O) groups excluding carboxylic acids is 1. The van der Waals surface area contributed by atoms with Crippen LogP contribution in [-0.4, -0.2) is 17.7 Å². The molecule has 1 unspecified atom stereocenters. The molecule has 0 bridgehead atoms. The summed E-state index contributed by atoms with van der Waals surface area (Å²) in [7, 11) is 0. The van der Waals surface area contributed by atoms with E-state index in [4.69, 9.17) is 5.26 Å². The van der Waals surface area contributed by atoms with Gasteiger partial charge in [-0.2, -0.15) is 5.26 Å². The maximum atomic E-state index is 11.5. The fourth-order valence-corrected chi connectivity index (χ4v) is 1.90. The van der Waals surface area contributed by atoms with Crippen LogP contribution >= 0.6 is 11.8 Å². The van der Waals surface area contributed by atoms with Crippen molar-refractivity contribution in [3.63, 3.8) is 0 Å². The van der Waals surface area contributed by atoms with E-state index in [1.165, 1.54) is 11.8 Å². The number of carbonyl (C=O) groups is 1. The number of benzene rings is 1. The van der Waals surface area contributed by atoms with Crippen molar-refractivity contribution in [3.8, 4) is 6.07 Å². The van der Waals surface area contributed by atoms with Crippen LogP contribution in [0.25, 0.3) is 0 Å². The molecule has 1 rings (SSSR count). The third kappa shape index (κ3) is 4.85. The Kier molecular flexibility index (Phi) is 5.44. The van der Waals surface area contributed by atoms with Gasteiger partial charge in [-0.25, -0.2) is 0 Å². The molecule has 84 valence electrons. The Hall–Kier alpha value is -1.47. The van der Waals surface area contributed by atoms with Gasteiger partial charge in [0.05, 0.1) is 18.2 Å². The molecule has 0 radical (unpaired) electrons. The molecule has 0 aliphatic heterocycles. The summed E-state index contributed by atoms with van der Waals surface area (Å²) in [6, 6.07) is 11.7. The highest BCUT2D eigenvalue weighted by Crippen LogP contribution is 2.16. The number of amides is 1.